The van der Waals surface area contributed by atoms with Gasteiger partial charge in [-0.3, -0.25) is 0 Å². The Balaban J connectivity index is 1.77. The summed E-state index contributed by atoms with van der Waals surface area (Å²) in [6.45, 7) is 0. The molecule has 24 heavy (non-hydrogen) atoms. The predicted molar refractivity (Wildman–Crippen MR) is 102 cm³/mol. The number of hydrogen-bond acceptors (Lipinski definition) is 4. The van der Waals surface area contributed by atoms with Crippen LogP contribution in [0.4, 0.5) is 5.95 Å². The van der Waals surface area contributed by atoms with Gasteiger partial charge in [0.05, 0.1) is 7.11 Å². The van der Waals surface area contributed by atoms with Gasteiger partial charge in [0, 0.05) is 9.27 Å². The first-order valence-electron chi connectivity index (χ1n) is 7.53. The van der Waals surface area contributed by atoms with Crippen LogP contribution in [-0.2, 0) is 0 Å². The highest BCUT2D eigenvalue weighted by Gasteiger charge is 2.23. The predicted octanol–water partition coefficient (Wildman–Crippen LogP) is 3.95. The molecular weight excluding hydrogens is 415 g/mol. The number of allylic oxidation sites excluding steroid dienone is 1. The SMILES string of the molecule is COc1ccc([C@@H]2C=C(c3ccc(I)cc3)Nc3ncnn32)cc1. The molecule has 0 spiro atoms. The standard InChI is InChI=1S/C18H15IN4O/c1-24-15-8-4-13(5-9-15)17-10-16(12-2-6-14(19)7-3-12)22-18-20-11-21-23(17)18/h2-11,17H,1H3,(H,20,21,22)/t17-/m0/s1. The van der Waals surface area contributed by atoms with Gasteiger partial charge in [-0.2, -0.15) is 10.1 Å². The lowest BCUT2D eigenvalue weighted by molar-refractivity contribution is 0.414. The molecule has 1 aliphatic rings. The van der Waals surface area contributed by atoms with Crippen molar-refractivity contribution in [2.24, 2.45) is 0 Å². The number of ether oxygens (including phenoxy) is 1. The Labute approximate surface area is 153 Å². The highest BCUT2D eigenvalue weighted by molar-refractivity contribution is 14.1. The van der Waals surface area contributed by atoms with Gasteiger partial charge in [0.25, 0.3) is 0 Å². The minimum absolute atomic E-state index is 0.0102. The second kappa shape index (κ2) is 6.27. The first-order chi connectivity index (χ1) is 11.7. The summed E-state index contributed by atoms with van der Waals surface area (Å²) in [6.07, 6.45) is 3.75. The summed E-state index contributed by atoms with van der Waals surface area (Å²) in [6, 6.07) is 16.4. The summed E-state index contributed by atoms with van der Waals surface area (Å²) < 4.78 is 8.35. The highest BCUT2D eigenvalue weighted by atomic mass is 127. The third kappa shape index (κ3) is 2.77. The van der Waals surface area contributed by atoms with Crippen molar-refractivity contribution in [3.05, 3.63) is 75.6 Å². The molecule has 0 bridgehead atoms. The van der Waals surface area contributed by atoms with E-state index in [4.69, 9.17) is 4.74 Å². The van der Waals surface area contributed by atoms with Gasteiger partial charge >= 0.3 is 0 Å². The lowest BCUT2D eigenvalue weighted by atomic mass is 10.0. The molecule has 1 N–H and O–H groups in total. The largest absolute Gasteiger partial charge is 0.497 e. The van der Waals surface area contributed by atoms with Crippen LogP contribution in [0.5, 0.6) is 5.75 Å². The Morgan fingerprint density at radius 2 is 1.83 bits per heavy atom. The molecule has 120 valence electrons. The van der Waals surface area contributed by atoms with Gasteiger partial charge in [0.15, 0.2) is 0 Å². The fourth-order valence-electron chi connectivity index (χ4n) is 2.77. The number of halogens is 1. The van der Waals surface area contributed by atoms with E-state index in [1.807, 2.05) is 16.8 Å². The normalized spacial score (nSPS) is 16.1. The number of nitrogens with one attached hydrogen (secondary N) is 1. The van der Waals surface area contributed by atoms with Crippen LogP contribution < -0.4 is 10.1 Å². The second-order valence-corrected chi connectivity index (χ2v) is 6.70. The molecule has 0 radical (unpaired) electrons. The molecule has 0 fully saturated rings. The van der Waals surface area contributed by atoms with E-state index in [0.29, 0.717) is 0 Å². The lowest BCUT2D eigenvalue weighted by Crippen LogP contribution is -2.20. The van der Waals surface area contributed by atoms with Gasteiger partial charge < -0.3 is 10.1 Å². The number of fused-ring (bicyclic) bond motifs is 1. The number of nitrogens with zero attached hydrogens (tertiary/aromatic N) is 3. The van der Waals surface area contributed by atoms with E-state index in [1.165, 1.54) is 3.57 Å². The van der Waals surface area contributed by atoms with Gasteiger partial charge in [-0.05, 0) is 64.1 Å². The van der Waals surface area contributed by atoms with Gasteiger partial charge in [-0.1, -0.05) is 24.3 Å². The van der Waals surface area contributed by atoms with Crippen LogP contribution in [0, 0.1) is 3.57 Å². The van der Waals surface area contributed by atoms with Crippen LogP contribution in [0.15, 0.2) is 60.9 Å². The van der Waals surface area contributed by atoms with Crippen molar-refractivity contribution >= 4 is 34.2 Å². The van der Waals surface area contributed by atoms with Crippen molar-refractivity contribution in [3.63, 3.8) is 0 Å². The number of hydrogen-bond donors (Lipinski definition) is 1. The van der Waals surface area contributed by atoms with Crippen LogP contribution in [0.3, 0.4) is 0 Å². The van der Waals surface area contributed by atoms with E-state index < -0.39 is 0 Å². The molecule has 1 aromatic heterocycles. The number of aromatic nitrogens is 3. The number of anilines is 1. The fourth-order valence-corrected chi connectivity index (χ4v) is 3.13. The minimum atomic E-state index is -0.0102. The first-order valence-corrected chi connectivity index (χ1v) is 8.61. The van der Waals surface area contributed by atoms with Crippen LogP contribution in [0.1, 0.15) is 17.2 Å². The molecule has 3 aromatic rings. The molecule has 0 saturated heterocycles. The van der Waals surface area contributed by atoms with Crippen molar-refractivity contribution < 1.29 is 4.74 Å². The van der Waals surface area contributed by atoms with Gasteiger partial charge in [0.1, 0.15) is 18.1 Å². The average Bonchev–Trinajstić information content (AvgIpc) is 3.10. The molecule has 0 unspecified atom stereocenters. The zero-order chi connectivity index (χ0) is 16.5. The summed E-state index contributed by atoms with van der Waals surface area (Å²) >= 11 is 2.31. The monoisotopic (exact) mass is 430 g/mol. The molecule has 5 nitrogen and oxygen atoms in total. The number of methoxy groups -OCH3 is 1. The van der Waals surface area contributed by atoms with Crippen LogP contribution in [0.2, 0.25) is 0 Å². The molecule has 2 aromatic carbocycles. The zero-order valence-electron chi connectivity index (χ0n) is 13.0. The van der Waals surface area contributed by atoms with E-state index in [9.17, 15) is 0 Å². The maximum absolute atomic E-state index is 5.25. The third-order valence-corrected chi connectivity index (χ3v) is 4.74. The second-order valence-electron chi connectivity index (χ2n) is 5.46. The van der Waals surface area contributed by atoms with Crippen LogP contribution >= 0.6 is 22.6 Å². The highest BCUT2D eigenvalue weighted by Crippen LogP contribution is 2.32. The molecule has 0 amide bonds. The van der Waals surface area contributed by atoms with Crippen LogP contribution in [0.25, 0.3) is 5.70 Å². The van der Waals surface area contributed by atoms with Crippen molar-refractivity contribution in [3.8, 4) is 5.75 Å². The molecule has 4 rings (SSSR count). The number of rotatable bonds is 3. The van der Waals surface area contributed by atoms with E-state index in [1.54, 1.807) is 13.4 Å². The zero-order valence-corrected chi connectivity index (χ0v) is 15.1. The Kier molecular flexibility index (Phi) is 3.97. The molecular formula is C18H15IN4O. The Morgan fingerprint density at radius 3 is 2.54 bits per heavy atom. The molecule has 0 aliphatic carbocycles. The average molecular weight is 430 g/mol. The molecule has 2 heterocycles. The van der Waals surface area contributed by atoms with Crippen molar-refractivity contribution in [1.29, 1.82) is 0 Å². The van der Waals surface area contributed by atoms with Crippen molar-refractivity contribution in [2.45, 2.75) is 6.04 Å². The Bertz CT molecular complexity index is 884. The summed E-state index contributed by atoms with van der Waals surface area (Å²) in [4.78, 5) is 4.33. The lowest BCUT2D eigenvalue weighted by Gasteiger charge is -2.24. The molecule has 6 heteroatoms. The summed E-state index contributed by atoms with van der Waals surface area (Å²) in [5.41, 5.74) is 3.29. The van der Waals surface area contributed by atoms with E-state index in [-0.39, 0.29) is 6.04 Å². The van der Waals surface area contributed by atoms with Crippen LogP contribution in [-0.4, -0.2) is 21.9 Å². The van der Waals surface area contributed by atoms with E-state index in [2.05, 4.69) is 80.5 Å². The Hall–Kier alpha value is -2.35. The molecule has 1 aliphatic heterocycles. The van der Waals surface area contributed by atoms with E-state index in [0.717, 1.165) is 28.5 Å². The maximum Gasteiger partial charge on any atom is 0.226 e. The number of benzene rings is 2. The third-order valence-electron chi connectivity index (χ3n) is 4.02. The maximum atomic E-state index is 5.25. The molecule has 1 atom stereocenters. The summed E-state index contributed by atoms with van der Waals surface area (Å²) in [5, 5.41) is 7.72. The Morgan fingerprint density at radius 1 is 1.08 bits per heavy atom. The first kappa shape index (κ1) is 15.2. The summed E-state index contributed by atoms with van der Waals surface area (Å²) in [5.74, 6) is 1.58. The minimum Gasteiger partial charge on any atom is -0.497 e. The van der Waals surface area contributed by atoms with Crippen molar-refractivity contribution in [1.82, 2.24) is 14.8 Å². The quantitative estimate of drug-likeness (QED) is 0.640. The van der Waals surface area contributed by atoms with Gasteiger partial charge in [-0.25, -0.2) is 4.68 Å². The van der Waals surface area contributed by atoms with Gasteiger partial charge in [0.2, 0.25) is 5.95 Å². The summed E-state index contributed by atoms with van der Waals surface area (Å²) in [7, 11) is 1.67. The fraction of sp³-hybridized carbons (Fsp3) is 0.111. The molecule has 0 saturated carbocycles. The smallest absolute Gasteiger partial charge is 0.226 e. The van der Waals surface area contributed by atoms with Crippen molar-refractivity contribution in [2.75, 3.05) is 12.4 Å². The van der Waals surface area contributed by atoms with E-state index >= 15 is 0 Å². The van der Waals surface area contributed by atoms with Gasteiger partial charge in [-0.15, -0.1) is 0 Å². The topological polar surface area (TPSA) is 52.0 Å².